The van der Waals surface area contributed by atoms with Crippen LogP contribution in [0.4, 0.5) is 11.4 Å². The second-order valence-corrected chi connectivity index (χ2v) is 3.96. The number of hydrogen-bond acceptors (Lipinski definition) is 5. The largest absolute Gasteiger partial charge is 0.455 e. The van der Waals surface area contributed by atoms with Crippen molar-refractivity contribution in [1.82, 2.24) is 4.98 Å². The molecule has 6 heteroatoms. The molecule has 2 aromatic rings. The number of nitrogens with one attached hydrogen (secondary N) is 1. The fraction of sp³-hybridized carbons (Fsp3) is 0.154. The standard InChI is InChI=1S/C13H13N3O3/c1-9-3-4-12(8-15-9)19-13-6-10(14-2)5-11(7-13)16(17)18/h3-8,14H,1-2H3. The Bertz CT molecular complexity index is 597. The van der Waals surface area contributed by atoms with E-state index in [9.17, 15) is 10.1 Å². The van der Waals surface area contributed by atoms with Gasteiger partial charge in [0, 0.05) is 30.6 Å². The number of nitrogens with zero attached hydrogens (tertiary/aromatic N) is 2. The van der Waals surface area contributed by atoms with Crippen LogP contribution in [0.1, 0.15) is 5.69 Å². The lowest BCUT2D eigenvalue weighted by atomic mass is 10.2. The van der Waals surface area contributed by atoms with Gasteiger partial charge in [-0.15, -0.1) is 0 Å². The number of nitro groups is 1. The number of aryl methyl sites for hydroxylation is 1. The Labute approximate surface area is 110 Å². The Kier molecular flexibility index (Phi) is 3.61. The summed E-state index contributed by atoms with van der Waals surface area (Å²) in [6.45, 7) is 1.87. The normalized spacial score (nSPS) is 10.0. The summed E-state index contributed by atoms with van der Waals surface area (Å²) >= 11 is 0. The number of aromatic nitrogens is 1. The fourth-order valence-electron chi connectivity index (χ4n) is 1.54. The van der Waals surface area contributed by atoms with Gasteiger partial charge in [0.05, 0.1) is 17.2 Å². The summed E-state index contributed by atoms with van der Waals surface area (Å²) in [4.78, 5) is 14.5. The lowest BCUT2D eigenvalue weighted by Gasteiger charge is -2.07. The molecule has 0 aliphatic carbocycles. The van der Waals surface area contributed by atoms with E-state index in [1.807, 2.05) is 13.0 Å². The van der Waals surface area contributed by atoms with E-state index in [4.69, 9.17) is 4.74 Å². The van der Waals surface area contributed by atoms with Crippen LogP contribution in [0.15, 0.2) is 36.5 Å². The van der Waals surface area contributed by atoms with Crippen LogP contribution in [0.5, 0.6) is 11.5 Å². The minimum atomic E-state index is -0.457. The molecule has 2 rings (SSSR count). The summed E-state index contributed by atoms with van der Waals surface area (Å²) in [6, 6.07) is 8.08. The molecular formula is C13H13N3O3. The third-order valence-corrected chi connectivity index (χ3v) is 2.51. The van der Waals surface area contributed by atoms with E-state index in [0.29, 0.717) is 17.2 Å². The van der Waals surface area contributed by atoms with E-state index >= 15 is 0 Å². The van der Waals surface area contributed by atoms with E-state index in [0.717, 1.165) is 5.69 Å². The Hall–Kier alpha value is -2.63. The van der Waals surface area contributed by atoms with Crippen molar-refractivity contribution < 1.29 is 9.66 Å². The van der Waals surface area contributed by atoms with Crippen LogP contribution in [0.25, 0.3) is 0 Å². The molecule has 1 N–H and O–H groups in total. The highest BCUT2D eigenvalue weighted by atomic mass is 16.6. The van der Waals surface area contributed by atoms with Crippen molar-refractivity contribution in [3.8, 4) is 11.5 Å². The smallest absolute Gasteiger partial charge is 0.275 e. The Morgan fingerprint density at radius 1 is 1.26 bits per heavy atom. The molecule has 98 valence electrons. The number of nitro benzene ring substituents is 1. The van der Waals surface area contributed by atoms with Gasteiger partial charge >= 0.3 is 0 Å². The molecule has 0 saturated carbocycles. The molecule has 0 fully saturated rings. The third kappa shape index (κ3) is 3.19. The molecule has 0 saturated heterocycles. The highest BCUT2D eigenvalue weighted by Crippen LogP contribution is 2.29. The van der Waals surface area contributed by atoms with Crippen LogP contribution < -0.4 is 10.1 Å². The van der Waals surface area contributed by atoms with Gasteiger partial charge in [0.25, 0.3) is 5.69 Å². The van der Waals surface area contributed by atoms with Gasteiger partial charge in [-0.3, -0.25) is 15.1 Å². The van der Waals surface area contributed by atoms with Crippen LogP contribution >= 0.6 is 0 Å². The van der Waals surface area contributed by atoms with Gasteiger partial charge in [0.1, 0.15) is 11.5 Å². The highest BCUT2D eigenvalue weighted by Gasteiger charge is 2.10. The molecule has 1 aromatic carbocycles. The summed E-state index contributed by atoms with van der Waals surface area (Å²) in [6.07, 6.45) is 1.58. The molecule has 1 heterocycles. The second kappa shape index (κ2) is 5.34. The van der Waals surface area contributed by atoms with Crippen LogP contribution in [0.2, 0.25) is 0 Å². The predicted molar refractivity (Wildman–Crippen MR) is 71.7 cm³/mol. The van der Waals surface area contributed by atoms with E-state index in [-0.39, 0.29) is 5.69 Å². The van der Waals surface area contributed by atoms with Gasteiger partial charge < -0.3 is 10.1 Å². The number of rotatable bonds is 4. The van der Waals surface area contributed by atoms with Crippen molar-refractivity contribution in [2.24, 2.45) is 0 Å². The zero-order chi connectivity index (χ0) is 13.8. The zero-order valence-electron chi connectivity index (χ0n) is 10.6. The molecule has 19 heavy (non-hydrogen) atoms. The number of anilines is 1. The average molecular weight is 259 g/mol. The molecule has 0 bridgehead atoms. The summed E-state index contributed by atoms with van der Waals surface area (Å²) in [5, 5.41) is 13.7. The quantitative estimate of drug-likeness (QED) is 0.674. The maximum atomic E-state index is 10.8. The predicted octanol–water partition coefficient (Wildman–Crippen LogP) is 3.13. The first-order chi connectivity index (χ1) is 9.08. The lowest BCUT2D eigenvalue weighted by molar-refractivity contribution is -0.384. The van der Waals surface area contributed by atoms with Crippen molar-refractivity contribution in [2.75, 3.05) is 12.4 Å². The van der Waals surface area contributed by atoms with Crippen molar-refractivity contribution >= 4 is 11.4 Å². The van der Waals surface area contributed by atoms with Crippen molar-refractivity contribution in [3.63, 3.8) is 0 Å². The van der Waals surface area contributed by atoms with Gasteiger partial charge in [-0.25, -0.2) is 0 Å². The number of pyridine rings is 1. The van der Waals surface area contributed by atoms with E-state index in [1.165, 1.54) is 12.1 Å². The minimum Gasteiger partial charge on any atom is -0.455 e. The van der Waals surface area contributed by atoms with Crippen molar-refractivity contribution in [2.45, 2.75) is 6.92 Å². The number of hydrogen-bond donors (Lipinski definition) is 1. The maximum absolute atomic E-state index is 10.8. The topological polar surface area (TPSA) is 77.3 Å². The Balaban J connectivity index is 2.31. The Morgan fingerprint density at radius 3 is 2.63 bits per heavy atom. The second-order valence-electron chi connectivity index (χ2n) is 3.96. The van der Waals surface area contributed by atoms with Crippen molar-refractivity contribution in [1.29, 1.82) is 0 Å². The van der Waals surface area contributed by atoms with Gasteiger partial charge in [0.2, 0.25) is 0 Å². The van der Waals surface area contributed by atoms with E-state index in [2.05, 4.69) is 10.3 Å². The van der Waals surface area contributed by atoms with E-state index < -0.39 is 4.92 Å². The lowest BCUT2D eigenvalue weighted by Crippen LogP contribution is -1.94. The Morgan fingerprint density at radius 2 is 2.05 bits per heavy atom. The third-order valence-electron chi connectivity index (χ3n) is 2.51. The molecule has 0 amide bonds. The summed E-state index contributed by atoms with van der Waals surface area (Å²) in [5.74, 6) is 0.928. The molecule has 0 aliphatic rings. The summed E-state index contributed by atoms with van der Waals surface area (Å²) < 4.78 is 5.56. The number of non-ortho nitro benzene ring substituents is 1. The first-order valence-electron chi connectivity index (χ1n) is 5.66. The minimum absolute atomic E-state index is 0.0260. The monoisotopic (exact) mass is 259 g/mol. The SMILES string of the molecule is CNc1cc(Oc2ccc(C)nc2)cc([N+](=O)[O-])c1. The molecule has 1 aromatic heterocycles. The van der Waals surface area contributed by atoms with Gasteiger partial charge in [-0.1, -0.05) is 0 Å². The number of ether oxygens (including phenoxy) is 1. The summed E-state index contributed by atoms with van der Waals surface area (Å²) in [5.41, 5.74) is 1.47. The fourth-order valence-corrected chi connectivity index (χ4v) is 1.54. The molecular weight excluding hydrogens is 246 g/mol. The maximum Gasteiger partial charge on any atom is 0.275 e. The molecule has 0 atom stereocenters. The van der Waals surface area contributed by atoms with E-state index in [1.54, 1.807) is 25.4 Å². The molecule has 0 aliphatic heterocycles. The molecule has 0 radical (unpaired) electrons. The van der Waals surface area contributed by atoms with Crippen LogP contribution in [0, 0.1) is 17.0 Å². The van der Waals surface area contributed by atoms with Crippen molar-refractivity contribution in [3.05, 3.63) is 52.3 Å². The molecule has 0 spiro atoms. The first kappa shape index (κ1) is 12.8. The van der Waals surface area contributed by atoms with Gasteiger partial charge in [-0.2, -0.15) is 0 Å². The van der Waals surface area contributed by atoms with Gasteiger partial charge in [0.15, 0.2) is 0 Å². The molecule has 6 nitrogen and oxygen atoms in total. The number of benzene rings is 1. The first-order valence-corrected chi connectivity index (χ1v) is 5.66. The summed E-state index contributed by atoms with van der Waals surface area (Å²) in [7, 11) is 1.69. The highest BCUT2D eigenvalue weighted by molar-refractivity contribution is 5.56. The molecule has 0 unspecified atom stereocenters. The van der Waals surface area contributed by atoms with Crippen LogP contribution in [-0.2, 0) is 0 Å². The van der Waals surface area contributed by atoms with Gasteiger partial charge in [-0.05, 0) is 19.1 Å². The van der Waals surface area contributed by atoms with Crippen LogP contribution in [0.3, 0.4) is 0 Å². The average Bonchev–Trinajstić information content (AvgIpc) is 2.41. The zero-order valence-corrected chi connectivity index (χ0v) is 10.6. The van der Waals surface area contributed by atoms with Crippen LogP contribution in [-0.4, -0.2) is 17.0 Å².